The van der Waals surface area contributed by atoms with E-state index >= 15 is 0 Å². The van der Waals surface area contributed by atoms with E-state index in [1.165, 1.54) is 38.5 Å². The fourth-order valence-corrected chi connectivity index (χ4v) is 3.62. The summed E-state index contributed by atoms with van der Waals surface area (Å²) < 4.78 is 5.18. The second kappa shape index (κ2) is 7.82. The second-order valence-electron chi connectivity index (χ2n) is 6.99. The fraction of sp³-hybridized carbons (Fsp3) is 0.600. The molecule has 0 saturated heterocycles. The summed E-state index contributed by atoms with van der Waals surface area (Å²) in [5.41, 5.74) is 2.19. The molecule has 2 atom stereocenters. The van der Waals surface area contributed by atoms with Crippen LogP contribution in [0.4, 0.5) is 0 Å². The number of benzene rings is 1. The second-order valence-corrected chi connectivity index (χ2v) is 6.99. The molecule has 3 rings (SSSR count). The highest BCUT2D eigenvalue weighted by Crippen LogP contribution is 2.45. The van der Waals surface area contributed by atoms with E-state index in [1.54, 1.807) is 13.2 Å². The molecule has 0 amide bonds. The first-order valence-electron chi connectivity index (χ1n) is 9.25. The Hall–Kier alpha value is -1.84. The molecule has 1 aliphatic carbocycles. The van der Waals surface area contributed by atoms with Gasteiger partial charge in [0.15, 0.2) is 0 Å². The molecule has 4 heteroatoms. The Kier molecular flexibility index (Phi) is 5.54. The van der Waals surface area contributed by atoms with Crippen LogP contribution >= 0.6 is 0 Å². The third-order valence-corrected chi connectivity index (χ3v) is 5.14. The maximum atomic E-state index is 10.1. The van der Waals surface area contributed by atoms with Crippen molar-refractivity contribution in [3.63, 3.8) is 0 Å². The summed E-state index contributed by atoms with van der Waals surface area (Å²) in [7, 11) is 1.62. The lowest BCUT2D eigenvalue weighted by Gasteiger charge is -2.07. The maximum Gasteiger partial charge on any atom is 0.233 e. The monoisotopic (exact) mass is 328 g/mol. The number of ether oxygens (including phenoxy) is 1. The minimum Gasteiger partial charge on any atom is -0.497 e. The van der Waals surface area contributed by atoms with Crippen LogP contribution in [0.1, 0.15) is 57.6 Å². The van der Waals surface area contributed by atoms with Crippen LogP contribution in [-0.4, -0.2) is 22.2 Å². The van der Waals surface area contributed by atoms with Crippen molar-refractivity contribution in [3.8, 4) is 11.6 Å². The predicted molar refractivity (Wildman–Crippen MR) is 96.4 cm³/mol. The summed E-state index contributed by atoms with van der Waals surface area (Å²) in [5, 5.41) is 10.1. The van der Waals surface area contributed by atoms with Crippen LogP contribution < -0.4 is 4.74 Å². The number of aromatic hydroxyl groups is 1. The minimum absolute atomic E-state index is 0.0564. The number of aromatic nitrogens is 2. The van der Waals surface area contributed by atoms with Gasteiger partial charge in [0.05, 0.1) is 18.1 Å². The molecule has 1 unspecified atom stereocenters. The van der Waals surface area contributed by atoms with Gasteiger partial charge in [0, 0.05) is 6.07 Å². The van der Waals surface area contributed by atoms with Gasteiger partial charge in [0.1, 0.15) is 11.4 Å². The number of nitrogens with zero attached hydrogens (tertiary/aromatic N) is 2. The average Bonchev–Trinajstić information content (AvgIpc) is 3.32. The smallest absolute Gasteiger partial charge is 0.233 e. The van der Waals surface area contributed by atoms with Crippen LogP contribution in [-0.2, 0) is 6.42 Å². The molecule has 130 valence electrons. The number of aryl methyl sites for hydroxylation is 1. The summed E-state index contributed by atoms with van der Waals surface area (Å²) in [5.74, 6) is 2.79. The molecule has 0 aliphatic heterocycles. The summed E-state index contributed by atoms with van der Waals surface area (Å²) in [4.78, 5) is 8.83. The Bertz CT molecular complexity index is 687. The highest BCUT2D eigenvalue weighted by atomic mass is 16.5. The van der Waals surface area contributed by atoms with Crippen LogP contribution in [0.3, 0.4) is 0 Å². The van der Waals surface area contributed by atoms with Crippen LogP contribution in [0.2, 0.25) is 0 Å². The average molecular weight is 328 g/mol. The van der Waals surface area contributed by atoms with Crippen LogP contribution in [0, 0.1) is 11.8 Å². The molecule has 1 N–H and O–H groups in total. The van der Waals surface area contributed by atoms with Gasteiger partial charge in [-0.3, -0.25) is 0 Å². The van der Waals surface area contributed by atoms with Crippen molar-refractivity contribution in [1.82, 2.24) is 9.97 Å². The SMILES string of the molecule is CCCC1C[C@H]1CCCCCc1nc2ccc(OC)cc2nc1O. The first kappa shape index (κ1) is 17.0. The number of hydrogen-bond acceptors (Lipinski definition) is 4. The van der Waals surface area contributed by atoms with E-state index in [0.29, 0.717) is 11.2 Å². The predicted octanol–water partition coefficient (Wildman–Crippen LogP) is 4.88. The normalized spacial score (nSPS) is 19.6. The molecule has 1 fully saturated rings. The molecule has 0 bridgehead atoms. The van der Waals surface area contributed by atoms with E-state index in [2.05, 4.69) is 16.9 Å². The van der Waals surface area contributed by atoms with Crippen molar-refractivity contribution in [2.45, 2.75) is 58.3 Å². The quantitative estimate of drug-likeness (QED) is 0.666. The molecule has 1 heterocycles. The zero-order chi connectivity index (χ0) is 16.9. The zero-order valence-electron chi connectivity index (χ0n) is 14.8. The molecular weight excluding hydrogens is 300 g/mol. The zero-order valence-corrected chi connectivity index (χ0v) is 14.8. The van der Waals surface area contributed by atoms with Gasteiger partial charge in [-0.05, 0) is 43.2 Å². The fourth-order valence-electron chi connectivity index (χ4n) is 3.62. The Morgan fingerprint density at radius 3 is 2.71 bits per heavy atom. The number of hydrogen-bond donors (Lipinski definition) is 1. The molecule has 1 saturated carbocycles. The third-order valence-electron chi connectivity index (χ3n) is 5.14. The molecule has 24 heavy (non-hydrogen) atoms. The van der Waals surface area contributed by atoms with Gasteiger partial charge in [0.2, 0.25) is 5.88 Å². The van der Waals surface area contributed by atoms with Crippen LogP contribution in [0.25, 0.3) is 11.0 Å². The molecular formula is C20H28N2O2. The van der Waals surface area contributed by atoms with Crippen molar-refractivity contribution in [2.24, 2.45) is 11.8 Å². The first-order chi connectivity index (χ1) is 11.7. The Labute approximate surface area is 144 Å². The molecule has 0 radical (unpaired) electrons. The standard InChI is InChI=1S/C20H28N2O2/c1-3-7-14-12-15(14)8-5-4-6-9-18-20(23)22-19-13-16(24-2)10-11-17(19)21-18/h10-11,13-15H,3-9,12H2,1-2H3,(H,22,23)/t14?,15-/m1/s1. The van der Waals surface area contributed by atoms with Crippen molar-refractivity contribution in [3.05, 3.63) is 23.9 Å². The Morgan fingerprint density at radius 1 is 1.08 bits per heavy atom. The van der Waals surface area contributed by atoms with E-state index < -0.39 is 0 Å². The lowest BCUT2D eigenvalue weighted by molar-refractivity contribution is 0.415. The van der Waals surface area contributed by atoms with Crippen molar-refractivity contribution in [2.75, 3.05) is 7.11 Å². The minimum atomic E-state index is 0.0564. The molecule has 1 aliphatic rings. The van der Waals surface area contributed by atoms with E-state index in [-0.39, 0.29) is 5.88 Å². The van der Waals surface area contributed by atoms with Crippen molar-refractivity contribution in [1.29, 1.82) is 0 Å². The summed E-state index contributed by atoms with van der Waals surface area (Å²) >= 11 is 0. The van der Waals surface area contributed by atoms with Gasteiger partial charge in [-0.2, -0.15) is 0 Å². The van der Waals surface area contributed by atoms with Gasteiger partial charge < -0.3 is 9.84 Å². The number of rotatable bonds is 9. The summed E-state index contributed by atoms with van der Waals surface area (Å²) in [6.07, 6.45) is 9.93. The van der Waals surface area contributed by atoms with Gasteiger partial charge >= 0.3 is 0 Å². The Morgan fingerprint density at radius 2 is 1.92 bits per heavy atom. The summed E-state index contributed by atoms with van der Waals surface area (Å²) in [6, 6.07) is 5.57. The van der Waals surface area contributed by atoms with Crippen molar-refractivity contribution < 1.29 is 9.84 Å². The van der Waals surface area contributed by atoms with E-state index in [9.17, 15) is 5.11 Å². The number of methoxy groups -OCH3 is 1. The van der Waals surface area contributed by atoms with Gasteiger partial charge in [0.25, 0.3) is 0 Å². The maximum absolute atomic E-state index is 10.1. The number of fused-ring (bicyclic) bond motifs is 1. The molecule has 1 aromatic carbocycles. The third kappa shape index (κ3) is 4.16. The Balaban J connectivity index is 1.47. The van der Waals surface area contributed by atoms with Crippen LogP contribution in [0.5, 0.6) is 11.6 Å². The first-order valence-corrected chi connectivity index (χ1v) is 9.25. The van der Waals surface area contributed by atoms with Gasteiger partial charge in [-0.1, -0.05) is 39.0 Å². The van der Waals surface area contributed by atoms with E-state index in [4.69, 9.17) is 4.74 Å². The summed E-state index contributed by atoms with van der Waals surface area (Å²) in [6.45, 7) is 2.28. The topological polar surface area (TPSA) is 55.2 Å². The highest BCUT2D eigenvalue weighted by molar-refractivity contribution is 5.76. The number of unbranched alkanes of at least 4 members (excludes halogenated alkanes) is 2. The molecule has 1 aromatic heterocycles. The largest absolute Gasteiger partial charge is 0.497 e. The van der Waals surface area contributed by atoms with Crippen molar-refractivity contribution >= 4 is 11.0 Å². The highest BCUT2D eigenvalue weighted by Gasteiger charge is 2.34. The van der Waals surface area contributed by atoms with E-state index in [1.807, 2.05) is 12.1 Å². The lowest BCUT2D eigenvalue weighted by Crippen LogP contribution is -1.96. The molecule has 2 aromatic rings. The van der Waals surface area contributed by atoms with E-state index in [0.717, 1.165) is 35.9 Å². The van der Waals surface area contributed by atoms with Gasteiger partial charge in [-0.25, -0.2) is 9.97 Å². The molecule has 4 nitrogen and oxygen atoms in total. The molecule has 0 spiro atoms. The lowest BCUT2D eigenvalue weighted by atomic mass is 10.1. The van der Waals surface area contributed by atoms with Crippen LogP contribution in [0.15, 0.2) is 18.2 Å². The van der Waals surface area contributed by atoms with Gasteiger partial charge in [-0.15, -0.1) is 0 Å².